The Morgan fingerprint density at radius 1 is 1.67 bits per heavy atom. The Kier molecular flexibility index (Phi) is 5.47. The smallest absolute Gasteiger partial charge is 0.323 e. The molecule has 0 N–H and O–H groups in total. The van der Waals surface area contributed by atoms with Gasteiger partial charge in [-0.2, -0.15) is 4.79 Å². The van der Waals surface area contributed by atoms with Gasteiger partial charge in [-0.25, -0.2) is 0 Å². The minimum atomic E-state index is -0.233. The number of carbonyl (C=O) groups is 1. The van der Waals surface area contributed by atoms with Gasteiger partial charge < -0.3 is 10.4 Å². The lowest BCUT2D eigenvalue weighted by Crippen LogP contribution is -2.03. The molecule has 0 bridgehead atoms. The van der Waals surface area contributed by atoms with E-state index in [9.17, 15) is 4.79 Å². The molecule has 0 spiro atoms. The Bertz CT molecular complexity index is 229. The molecule has 0 aromatic heterocycles. The standard InChI is InChI=1S/C7H11N3O2/c1-6(10-12-2)3-4-7(11)5-9-8/h5H,3-4H2,1-2H3/b10-6+. The molecule has 5 nitrogen and oxygen atoms in total. The lowest BCUT2D eigenvalue weighted by atomic mass is 10.2. The van der Waals surface area contributed by atoms with Gasteiger partial charge in [-0.1, -0.05) is 5.16 Å². The zero-order valence-corrected chi connectivity index (χ0v) is 7.15. The molecule has 0 fully saturated rings. The van der Waals surface area contributed by atoms with Gasteiger partial charge in [0, 0.05) is 6.42 Å². The molecule has 0 radical (unpaired) electrons. The monoisotopic (exact) mass is 169 g/mol. The van der Waals surface area contributed by atoms with E-state index in [0.29, 0.717) is 6.42 Å². The van der Waals surface area contributed by atoms with E-state index in [1.54, 1.807) is 6.92 Å². The molecule has 12 heavy (non-hydrogen) atoms. The number of nitrogens with zero attached hydrogens (tertiary/aromatic N) is 3. The highest BCUT2D eigenvalue weighted by Crippen LogP contribution is 1.93. The van der Waals surface area contributed by atoms with Crippen molar-refractivity contribution in [2.45, 2.75) is 19.8 Å². The quantitative estimate of drug-likeness (QED) is 0.262. The van der Waals surface area contributed by atoms with Crippen LogP contribution in [0.2, 0.25) is 0 Å². The third kappa shape index (κ3) is 5.32. The second-order valence-corrected chi connectivity index (χ2v) is 2.22. The van der Waals surface area contributed by atoms with Crippen LogP contribution in [0.4, 0.5) is 0 Å². The van der Waals surface area contributed by atoms with Crippen molar-refractivity contribution in [1.82, 2.24) is 0 Å². The number of carbonyl (C=O) groups excluding carboxylic acids is 1. The van der Waals surface area contributed by atoms with Crippen LogP contribution in [0.3, 0.4) is 0 Å². The van der Waals surface area contributed by atoms with Crippen molar-refractivity contribution in [2.24, 2.45) is 5.16 Å². The molecule has 0 saturated carbocycles. The summed E-state index contributed by atoms with van der Waals surface area (Å²) in [6, 6.07) is 0. The summed E-state index contributed by atoms with van der Waals surface area (Å²) in [6.07, 6.45) is 1.67. The second kappa shape index (κ2) is 6.24. The van der Waals surface area contributed by atoms with Crippen molar-refractivity contribution in [3.63, 3.8) is 0 Å². The summed E-state index contributed by atoms with van der Waals surface area (Å²) in [7, 11) is 1.44. The van der Waals surface area contributed by atoms with E-state index in [-0.39, 0.29) is 12.2 Å². The minimum absolute atomic E-state index is 0.233. The van der Waals surface area contributed by atoms with Crippen LogP contribution in [0.25, 0.3) is 5.53 Å². The van der Waals surface area contributed by atoms with Gasteiger partial charge in [0.05, 0.1) is 5.71 Å². The van der Waals surface area contributed by atoms with Crippen LogP contribution in [0.1, 0.15) is 19.8 Å². The number of hydrogen-bond acceptors (Lipinski definition) is 3. The van der Waals surface area contributed by atoms with E-state index in [1.807, 2.05) is 0 Å². The zero-order chi connectivity index (χ0) is 9.40. The molecule has 0 aromatic carbocycles. The molecule has 0 unspecified atom stereocenters. The summed E-state index contributed by atoms with van der Waals surface area (Å²) in [5.41, 5.74) is 8.73. The predicted octanol–water partition coefficient (Wildman–Crippen LogP) is 0.659. The van der Waals surface area contributed by atoms with Crippen LogP contribution < -0.4 is 0 Å². The van der Waals surface area contributed by atoms with E-state index in [0.717, 1.165) is 11.9 Å². The lowest BCUT2D eigenvalue weighted by molar-refractivity contribution is -0.115. The maximum absolute atomic E-state index is 10.7. The highest BCUT2D eigenvalue weighted by molar-refractivity contribution is 6.25. The van der Waals surface area contributed by atoms with Crippen molar-refractivity contribution in [1.29, 1.82) is 0 Å². The Morgan fingerprint density at radius 3 is 2.83 bits per heavy atom. The van der Waals surface area contributed by atoms with Crippen molar-refractivity contribution in [3.8, 4) is 0 Å². The first-order valence-corrected chi connectivity index (χ1v) is 3.47. The molecule has 5 heteroatoms. The fourth-order valence-electron chi connectivity index (χ4n) is 0.635. The Labute approximate surface area is 70.6 Å². The first kappa shape index (κ1) is 10.5. The number of rotatable bonds is 5. The average molecular weight is 169 g/mol. The summed E-state index contributed by atoms with van der Waals surface area (Å²) in [5.74, 6) is -0.233. The van der Waals surface area contributed by atoms with E-state index in [2.05, 4.69) is 14.8 Å². The molecule has 0 heterocycles. The Morgan fingerprint density at radius 2 is 2.33 bits per heavy atom. The molecule has 66 valence electrons. The molecule has 0 aromatic rings. The molecule has 0 rings (SSSR count). The molecule has 0 aliphatic heterocycles. The van der Waals surface area contributed by atoms with Gasteiger partial charge in [-0.3, -0.25) is 4.79 Å². The summed E-state index contributed by atoms with van der Waals surface area (Å²) in [4.78, 5) is 17.9. The minimum Gasteiger partial charge on any atom is -0.399 e. The highest BCUT2D eigenvalue weighted by atomic mass is 16.6. The third-order valence-corrected chi connectivity index (χ3v) is 1.18. The van der Waals surface area contributed by atoms with Crippen molar-refractivity contribution in [3.05, 3.63) is 5.53 Å². The first-order valence-electron chi connectivity index (χ1n) is 3.47. The van der Waals surface area contributed by atoms with Crippen molar-refractivity contribution in [2.75, 3.05) is 7.11 Å². The van der Waals surface area contributed by atoms with E-state index >= 15 is 0 Å². The molecular weight excluding hydrogens is 158 g/mol. The van der Waals surface area contributed by atoms with Crippen LogP contribution in [0.5, 0.6) is 0 Å². The summed E-state index contributed by atoms with van der Waals surface area (Å²) in [6.45, 7) is 1.76. The number of Topliss-reactive ketones (excluding diaryl/α,β-unsaturated/α-hetero) is 1. The number of oxime groups is 1. The first-order chi connectivity index (χ1) is 5.70. The summed E-state index contributed by atoms with van der Waals surface area (Å²) < 4.78 is 0. The Balaban J connectivity index is 3.75. The van der Waals surface area contributed by atoms with Gasteiger partial charge in [-0.15, -0.1) is 0 Å². The third-order valence-electron chi connectivity index (χ3n) is 1.18. The van der Waals surface area contributed by atoms with Crippen LogP contribution >= 0.6 is 0 Å². The van der Waals surface area contributed by atoms with Crippen molar-refractivity contribution < 1.29 is 14.4 Å². The van der Waals surface area contributed by atoms with Gasteiger partial charge >= 0.3 is 6.21 Å². The largest absolute Gasteiger partial charge is 0.399 e. The van der Waals surface area contributed by atoms with E-state index in [1.165, 1.54) is 7.11 Å². The predicted molar refractivity (Wildman–Crippen MR) is 44.0 cm³/mol. The van der Waals surface area contributed by atoms with Crippen LogP contribution in [0.15, 0.2) is 5.16 Å². The average Bonchev–Trinajstić information content (AvgIpc) is 2.02. The van der Waals surface area contributed by atoms with E-state index < -0.39 is 0 Å². The van der Waals surface area contributed by atoms with Crippen LogP contribution in [-0.4, -0.2) is 29.6 Å². The van der Waals surface area contributed by atoms with Crippen LogP contribution in [-0.2, 0) is 9.63 Å². The molecule has 0 aliphatic carbocycles. The second-order valence-electron chi connectivity index (χ2n) is 2.22. The van der Waals surface area contributed by atoms with Gasteiger partial charge in [0.15, 0.2) is 0 Å². The maximum atomic E-state index is 10.7. The topological polar surface area (TPSA) is 75.1 Å². The van der Waals surface area contributed by atoms with Gasteiger partial charge in [0.2, 0.25) is 5.78 Å². The molecule has 0 atom stereocenters. The van der Waals surface area contributed by atoms with Gasteiger partial charge in [0.1, 0.15) is 7.11 Å². The van der Waals surface area contributed by atoms with Gasteiger partial charge in [0.25, 0.3) is 0 Å². The van der Waals surface area contributed by atoms with Crippen LogP contribution in [0, 0.1) is 0 Å². The zero-order valence-electron chi connectivity index (χ0n) is 7.15. The molecule has 0 aliphatic rings. The SMILES string of the molecule is CO/N=C(\C)CCC(=O)C=[N+]=[N-]. The highest BCUT2D eigenvalue weighted by Gasteiger charge is 2.03. The number of hydrogen-bond donors (Lipinski definition) is 0. The fraction of sp³-hybridized carbons (Fsp3) is 0.571. The molecule has 0 amide bonds. The summed E-state index contributed by atoms with van der Waals surface area (Å²) in [5, 5.41) is 3.61. The summed E-state index contributed by atoms with van der Waals surface area (Å²) >= 11 is 0. The lowest BCUT2D eigenvalue weighted by Gasteiger charge is -1.93. The van der Waals surface area contributed by atoms with Gasteiger partial charge in [-0.05, 0) is 13.3 Å². The number of ketones is 1. The van der Waals surface area contributed by atoms with Crippen molar-refractivity contribution >= 4 is 17.7 Å². The normalized spacial score (nSPS) is 10.3. The fourth-order valence-corrected chi connectivity index (χ4v) is 0.635. The maximum Gasteiger partial charge on any atom is 0.323 e. The van der Waals surface area contributed by atoms with E-state index in [4.69, 9.17) is 5.53 Å². The molecule has 0 saturated heterocycles. The Hall–Kier alpha value is -1.48. The molecular formula is C7H11N3O2.